The van der Waals surface area contributed by atoms with Gasteiger partial charge in [-0.25, -0.2) is 4.98 Å². The standard InChI is InChI=1S/C17H10N4/c1-2-5-12-11(4-1)10-21-16(12)15-14(18-8-9-19-15)13-6-3-7-20-17(13)21/h1-10H. The number of hydrogen-bond acceptors (Lipinski definition) is 3. The molecule has 0 aliphatic heterocycles. The van der Waals surface area contributed by atoms with Crippen molar-refractivity contribution >= 4 is 38.4 Å². The highest BCUT2D eigenvalue weighted by molar-refractivity contribution is 6.16. The summed E-state index contributed by atoms with van der Waals surface area (Å²) in [6.07, 6.45) is 7.41. The number of pyridine rings is 2. The van der Waals surface area contributed by atoms with Crippen LogP contribution in [0.5, 0.6) is 0 Å². The van der Waals surface area contributed by atoms with Gasteiger partial charge < -0.3 is 0 Å². The monoisotopic (exact) mass is 270 g/mol. The van der Waals surface area contributed by atoms with Gasteiger partial charge in [-0.2, -0.15) is 0 Å². The third-order valence-corrected chi connectivity index (χ3v) is 3.92. The minimum atomic E-state index is 0.900. The van der Waals surface area contributed by atoms with Gasteiger partial charge >= 0.3 is 0 Å². The first-order valence-corrected chi connectivity index (χ1v) is 6.81. The van der Waals surface area contributed by atoms with Crippen LogP contribution >= 0.6 is 0 Å². The molecule has 98 valence electrons. The summed E-state index contributed by atoms with van der Waals surface area (Å²) < 4.78 is 2.12. The summed E-state index contributed by atoms with van der Waals surface area (Å²) in [5.74, 6) is 0. The molecule has 0 fully saturated rings. The largest absolute Gasteiger partial charge is 0.298 e. The van der Waals surface area contributed by atoms with E-state index >= 15 is 0 Å². The Kier molecular flexibility index (Phi) is 1.92. The molecular weight excluding hydrogens is 260 g/mol. The number of benzene rings is 1. The van der Waals surface area contributed by atoms with Gasteiger partial charge in [-0.05, 0) is 12.1 Å². The third-order valence-electron chi connectivity index (χ3n) is 3.92. The average Bonchev–Trinajstić information content (AvgIpc) is 2.95. The fourth-order valence-corrected chi connectivity index (χ4v) is 3.05. The number of fused-ring (bicyclic) bond motifs is 8. The van der Waals surface area contributed by atoms with E-state index in [9.17, 15) is 0 Å². The van der Waals surface area contributed by atoms with Gasteiger partial charge in [0.2, 0.25) is 0 Å². The highest BCUT2D eigenvalue weighted by Crippen LogP contribution is 2.31. The van der Waals surface area contributed by atoms with Gasteiger partial charge in [0.1, 0.15) is 16.7 Å². The lowest BCUT2D eigenvalue weighted by Crippen LogP contribution is -1.94. The van der Waals surface area contributed by atoms with Crippen LogP contribution in [0.2, 0.25) is 0 Å². The topological polar surface area (TPSA) is 43.1 Å². The Hall–Kier alpha value is -3.01. The molecule has 4 nitrogen and oxygen atoms in total. The normalized spacial score (nSPS) is 11.8. The molecule has 0 amide bonds. The van der Waals surface area contributed by atoms with Crippen LogP contribution in [-0.4, -0.2) is 19.4 Å². The van der Waals surface area contributed by atoms with Crippen LogP contribution in [0.15, 0.2) is 61.2 Å². The average molecular weight is 270 g/mol. The van der Waals surface area contributed by atoms with E-state index in [2.05, 4.69) is 37.7 Å². The Morgan fingerprint density at radius 1 is 0.714 bits per heavy atom. The van der Waals surface area contributed by atoms with E-state index in [1.807, 2.05) is 30.5 Å². The molecule has 4 heterocycles. The fraction of sp³-hybridized carbons (Fsp3) is 0. The second-order valence-electron chi connectivity index (χ2n) is 5.06. The van der Waals surface area contributed by atoms with Gasteiger partial charge in [0, 0.05) is 40.9 Å². The molecule has 0 unspecified atom stereocenters. The molecule has 1 aromatic carbocycles. The smallest absolute Gasteiger partial charge is 0.146 e. The van der Waals surface area contributed by atoms with Gasteiger partial charge in [-0.15, -0.1) is 0 Å². The Balaban J connectivity index is 2.25. The van der Waals surface area contributed by atoms with Crippen LogP contribution in [0.25, 0.3) is 38.4 Å². The van der Waals surface area contributed by atoms with E-state index in [4.69, 9.17) is 0 Å². The molecule has 4 aromatic heterocycles. The second kappa shape index (κ2) is 3.76. The van der Waals surface area contributed by atoms with Crippen molar-refractivity contribution in [2.24, 2.45) is 0 Å². The highest BCUT2D eigenvalue weighted by Gasteiger charge is 2.13. The molecule has 0 saturated carbocycles. The minimum absolute atomic E-state index is 0.900. The van der Waals surface area contributed by atoms with Crippen molar-refractivity contribution in [2.75, 3.05) is 0 Å². The summed E-state index contributed by atoms with van der Waals surface area (Å²) >= 11 is 0. The molecule has 4 heteroatoms. The van der Waals surface area contributed by atoms with Crippen molar-refractivity contribution < 1.29 is 0 Å². The maximum absolute atomic E-state index is 4.57. The number of hydrogen-bond donors (Lipinski definition) is 0. The Bertz CT molecular complexity index is 1140. The number of rotatable bonds is 0. The summed E-state index contributed by atoms with van der Waals surface area (Å²) in [5, 5.41) is 3.38. The molecule has 0 radical (unpaired) electrons. The molecule has 21 heavy (non-hydrogen) atoms. The van der Waals surface area contributed by atoms with Crippen molar-refractivity contribution in [3.8, 4) is 0 Å². The van der Waals surface area contributed by atoms with Crippen LogP contribution in [0.1, 0.15) is 0 Å². The quantitative estimate of drug-likeness (QED) is 0.404. The summed E-state index contributed by atoms with van der Waals surface area (Å²) in [6, 6.07) is 12.3. The van der Waals surface area contributed by atoms with Gasteiger partial charge in [0.05, 0.1) is 5.52 Å². The fourth-order valence-electron chi connectivity index (χ4n) is 3.05. The Morgan fingerprint density at radius 2 is 1.52 bits per heavy atom. The summed E-state index contributed by atoms with van der Waals surface area (Å²) in [5.41, 5.74) is 3.80. The number of nitrogens with zero attached hydrogens (tertiary/aromatic N) is 4. The van der Waals surface area contributed by atoms with Crippen LogP contribution in [0, 0.1) is 0 Å². The first-order chi connectivity index (χ1) is 10.4. The van der Waals surface area contributed by atoms with E-state index in [-0.39, 0.29) is 0 Å². The van der Waals surface area contributed by atoms with Gasteiger partial charge in [0.15, 0.2) is 0 Å². The second-order valence-corrected chi connectivity index (χ2v) is 5.06. The highest BCUT2D eigenvalue weighted by atomic mass is 15.0. The van der Waals surface area contributed by atoms with Crippen molar-refractivity contribution in [3.05, 3.63) is 61.2 Å². The van der Waals surface area contributed by atoms with Crippen molar-refractivity contribution in [1.29, 1.82) is 0 Å². The minimum Gasteiger partial charge on any atom is -0.298 e. The molecule has 0 bridgehead atoms. The third kappa shape index (κ3) is 1.31. The van der Waals surface area contributed by atoms with E-state index in [1.165, 1.54) is 10.8 Å². The predicted octanol–water partition coefficient (Wildman–Crippen LogP) is 3.58. The van der Waals surface area contributed by atoms with Crippen molar-refractivity contribution in [2.45, 2.75) is 0 Å². The molecule has 0 aliphatic rings. The van der Waals surface area contributed by atoms with Crippen LogP contribution in [-0.2, 0) is 0 Å². The molecule has 5 aromatic rings. The van der Waals surface area contributed by atoms with Gasteiger partial charge in [-0.3, -0.25) is 14.4 Å². The summed E-state index contributed by atoms with van der Waals surface area (Å²) in [6.45, 7) is 0. The molecular formula is C17H10N4. The van der Waals surface area contributed by atoms with Crippen LogP contribution in [0.4, 0.5) is 0 Å². The van der Waals surface area contributed by atoms with Gasteiger partial charge in [-0.1, -0.05) is 24.3 Å². The van der Waals surface area contributed by atoms with Crippen molar-refractivity contribution in [1.82, 2.24) is 19.4 Å². The molecule has 0 saturated heterocycles. The molecule has 0 spiro atoms. The van der Waals surface area contributed by atoms with E-state index < -0.39 is 0 Å². The summed E-state index contributed by atoms with van der Waals surface area (Å²) in [4.78, 5) is 13.7. The molecule has 5 rings (SSSR count). The lowest BCUT2D eigenvalue weighted by Gasteiger charge is -2.06. The molecule has 0 N–H and O–H groups in total. The maximum Gasteiger partial charge on any atom is 0.146 e. The zero-order valence-electron chi connectivity index (χ0n) is 11.1. The predicted molar refractivity (Wildman–Crippen MR) is 83.3 cm³/mol. The SMILES string of the molecule is c1ccc2c(c1)cn1c3ncccc3c3nccnc3c21. The summed E-state index contributed by atoms with van der Waals surface area (Å²) in [7, 11) is 0. The van der Waals surface area contributed by atoms with Crippen molar-refractivity contribution in [3.63, 3.8) is 0 Å². The van der Waals surface area contributed by atoms with E-state index in [1.54, 1.807) is 12.4 Å². The Labute approximate surface area is 119 Å². The maximum atomic E-state index is 4.57. The molecule has 0 atom stereocenters. The van der Waals surface area contributed by atoms with E-state index in [0.717, 1.165) is 27.6 Å². The first-order valence-electron chi connectivity index (χ1n) is 6.81. The lowest BCUT2D eigenvalue weighted by molar-refractivity contribution is 1.20. The lowest BCUT2D eigenvalue weighted by atomic mass is 10.1. The number of aromatic nitrogens is 4. The zero-order valence-corrected chi connectivity index (χ0v) is 11.1. The van der Waals surface area contributed by atoms with E-state index in [0.29, 0.717) is 0 Å². The zero-order chi connectivity index (χ0) is 13.8. The first kappa shape index (κ1) is 10.7. The van der Waals surface area contributed by atoms with Gasteiger partial charge in [0.25, 0.3) is 0 Å². The van der Waals surface area contributed by atoms with Crippen LogP contribution in [0.3, 0.4) is 0 Å². The molecule has 0 aliphatic carbocycles. The Morgan fingerprint density at radius 3 is 2.48 bits per heavy atom. The van der Waals surface area contributed by atoms with Crippen LogP contribution < -0.4 is 0 Å².